The lowest BCUT2D eigenvalue weighted by atomic mass is 10.0. The Hall–Kier alpha value is -5.20. The number of pyridine rings is 1. The molecule has 16 nitrogen and oxygen atoms in total. The van der Waals surface area contributed by atoms with Crippen LogP contribution in [0.5, 0.6) is 5.75 Å². The molecule has 1 fully saturated rings. The van der Waals surface area contributed by atoms with Crippen LogP contribution < -0.4 is 19.9 Å². The van der Waals surface area contributed by atoms with E-state index in [2.05, 4.69) is 20.8 Å². The van der Waals surface area contributed by atoms with Crippen LogP contribution in [0.25, 0.3) is 0 Å². The van der Waals surface area contributed by atoms with E-state index < -0.39 is 63.8 Å². The van der Waals surface area contributed by atoms with Crippen LogP contribution in [0.2, 0.25) is 4.34 Å². The minimum absolute atomic E-state index is 0.0263. The molecule has 4 heterocycles. The van der Waals surface area contributed by atoms with Crippen molar-refractivity contribution in [1.82, 2.24) is 15.2 Å². The molecule has 3 amide bonds. The van der Waals surface area contributed by atoms with Crippen molar-refractivity contribution in [2.75, 3.05) is 18.2 Å². The van der Waals surface area contributed by atoms with Gasteiger partial charge in [-0.15, -0.1) is 11.8 Å². The molecule has 2 unspecified atom stereocenters. The topological polar surface area (TPSA) is 188 Å². The normalized spacial score (nSPS) is 17.1. The van der Waals surface area contributed by atoms with Crippen LogP contribution in [-0.4, -0.2) is 86.5 Å². The first-order valence-corrected chi connectivity index (χ1v) is 20.3. The van der Waals surface area contributed by atoms with Crippen LogP contribution in [-0.2, 0) is 51.4 Å². The fourth-order valence-corrected chi connectivity index (χ4v) is 7.75. The first-order valence-electron chi connectivity index (χ1n) is 18.0. The van der Waals surface area contributed by atoms with Gasteiger partial charge in [0.25, 0.3) is 11.8 Å². The number of methoxy groups -OCH3 is 1. The maximum atomic E-state index is 14.1. The number of β-lactam (4-membered cyclic amide) rings is 1. The second-order valence-corrected chi connectivity index (χ2v) is 18.3. The summed E-state index contributed by atoms with van der Waals surface area (Å²) in [5.41, 5.74) is -2.63. The largest absolute Gasteiger partial charge is 0.497 e. The summed E-state index contributed by atoms with van der Waals surface area (Å²) in [4.78, 5) is 78.7. The Labute approximate surface area is 349 Å². The van der Waals surface area contributed by atoms with Gasteiger partial charge in [0.1, 0.15) is 50.7 Å². The molecule has 0 spiro atoms. The van der Waals surface area contributed by atoms with Crippen LogP contribution in [0.4, 0.5) is 9.93 Å². The van der Waals surface area contributed by atoms with E-state index in [1.54, 1.807) is 72.9 Å². The molecule has 5 rings (SSSR count). The molecule has 0 saturated carbocycles. The fourth-order valence-electron chi connectivity index (χ4n) is 5.38. The van der Waals surface area contributed by atoms with Gasteiger partial charge in [-0.05, 0) is 73.1 Å². The summed E-state index contributed by atoms with van der Waals surface area (Å²) in [5.74, 6) is -2.01. The molecule has 0 radical (unpaired) electrons. The van der Waals surface area contributed by atoms with Crippen LogP contribution in [0.3, 0.4) is 0 Å². The molecule has 2 aromatic heterocycles. The summed E-state index contributed by atoms with van der Waals surface area (Å²) in [5, 5.41) is 8.47. The average molecular weight is 858 g/mol. The number of anilines is 1. The number of carbonyl (C=O) groups is 5. The quantitative estimate of drug-likeness (QED) is 0.0559. The molecular weight excluding hydrogens is 812 g/mol. The Kier molecular flexibility index (Phi) is 13.4. The van der Waals surface area contributed by atoms with Gasteiger partial charge in [-0.25, -0.2) is 23.9 Å². The fraction of sp³-hybridized carbons (Fsp3) is 0.436. The maximum absolute atomic E-state index is 14.1. The highest BCUT2D eigenvalue weighted by molar-refractivity contribution is 8.00. The van der Waals surface area contributed by atoms with Crippen LogP contribution in [0.15, 0.2) is 71.3 Å². The van der Waals surface area contributed by atoms with Crippen LogP contribution in [0, 0.1) is 0 Å². The molecule has 2 atom stereocenters. The third kappa shape index (κ3) is 11.0. The minimum atomic E-state index is -1.69. The van der Waals surface area contributed by atoms with Gasteiger partial charge in [-0.2, -0.15) is 0 Å². The van der Waals surface area contributed by atoms with Crippen molar-refractivity contribution in [2.24, 2.45) is 5.16 Å². The number of hydrogen-bond acceptors (Lipinski definition) is 14. The summed E-state index contributed by atoms with van der Waals surface area (Å²) in [7, 11) is 1.55. The molecule has 2 aliphatic heterocycles. The number of oxime groups is 1. The molecule has 1 aromatic carbocycles. The van der Waals surface area contributed by atoms with Gasteiger partial charge in [0, 0.05) is 23.5 Å². The van der Waals surface area contributed by atoms with Gasteiger partial charge in [0.2, 0.25) is 5.60 Å². The Morgan fingerprint density at radius 2 is 1.64 bits per heavy atom. The minimum Gasteiger partial charge on any atom is -0.497 e. The lowest BCUT2D eigenvalue weighted by molar-refractivity contribution is -0.689. The molecule has 3 aromatic rings. The van der Waals surface area contributed by atoms with Gasteiger partial charge < -0.3 is 29.1 Å². The Morgan fingerprint density at radius 3 is 2.26 bits per heavy atom. The van der Waals surface area contributed by atoms with E-state index in [0.29, 0.717) is 29.2 Å². The Morgan fingerprint density at radius 1 is 0.983 bits per heavy atom. The molecule has 2 aliphatic rings. The average Bonchev–Trinajstić information content (AvgIpc) is 3.50. The van der Waals surface area contributed by atoms with Crippen molar-refractivity contribution < 1.29 is 52.3 Å². The number of aromatic nitrogens is 2. The second kappa shape index (κ2) is 17.7. The summed E-state index contributed by atoms with van der Waals surface area (Å²) in [6, 6.07) is 11.5. The monoisotopic (exact) mass is 857 g/mol. The maximum Gasteiger partial charge on any atom is 0.413 e. The van der Waals surface area contributed by atoms with Gasteiger partial charge in [0.05, 0.1) is 7.11 Å². The van der Waals surface area contributed by atoms with Crippen LogP contribution >= 0.6 is 34.7 Å². The molecule has 0 aliphatic carbocycles. The zero-order chi connectivity index (χ0) is 42.6. The molecular formula is C39H46ClN6O10S2+. The van der Waals surface area contributed by atoms with E-state index in [-0.39, 0.29) is 27.5 Å². The molecule has 58 heavy (non-hydrogen) atoms. The number of rotatable bonds is 13. The number of thioether (sulfide) groups is 1. The zero-order valence-corrected chi connectivity index (χ0v) is 35.9. The predicted molar refractivity (Wildman–Crippen MR) is 216 cm³/mol. The molecule has 310 valence electrons. The smallest absolute Gasteiger partial charge is 0.413 e. The van der Waals surface area contributed by atoms with Crippen molar-refractivity contribution in [3.63, 3.8) is 0 Å². The third-order valence-electron chi connectivity index (χ3n) is 8.10. The predicted octanol–water partition coefficient (Wildman–Crippen LogP) is 5.38. The van der Waals surface area contributed by atoms with Crippen molar-refractivity contribution in [3.05, 3.63) is 81.7 Å². The van der Waals surface area contributed by atoms with E-state index >= 15 is 0 Å². The SMILES string of the molecule is COc1ccc(COC(=O)C2=C(C[n+]3ccccc3)CSC3C(NC(=O)/C(=N\OC(C)(C)C(=O)OC(C)(C)C)c4nc(NC(=O)OC(C)(C)C)sc4Cl)C(=O)N23)cc1. The van der Waals surface area contributed by atoms with Crippen molar-refractivity contribution in [3.8, 4) is 5.75 Å². The summed E-state index contributed by atoms with van der Waals surface area (Å²) in [6.45, 7) is 13.2. The van der Waals surface area contributed by atoms with E-state index in [1.807, 2.05) is 35.2 Å². The van der Waals surface area contributed by atoms with Crippen LogP contribution in [0.1, 0.15) is 66.6 Å². The van der Waals surface area contributed by atoms with Gasteiger partial charge in [0.15, 0.2) is 29.8 Å². The van der Waals surface area contributed by atoms with Gasteiger partial charge >= 0.3 is 18.0 Å². The highest BCUT2D eigenvalue weighted by Gasteiger charge is 2.55. The number of halogens is 1. The number of amides is 3. The van der Waals surface area contributed by atoms with Gasteiger partial charge in [-0.1, -0.05) is 46.3 Å². The number of nitrogens with zero attached hydrogens (tertiary/aromatic N) is 4. The number of esters is 2. The summed E-state index contributed by atoms with van der Waals surface area (Å²) >= 11 is 8.73. The third-order valence-corrected chi connectivity index (χ3v) is 10.6. The first-order chi connectivity index (χ1) is 27.2. The summed E-state index contributed by atoms with van der Waals surface area (Å²) < 4.78 is 23.5. The van der Waals surface area contributed by atoms with Crippen molar-refractivity contribution >= 4 is 75.4 Å². The highest BCUT2D eigenvalue weighted by Crippen LogP contribution is 2.41. The molecule has 1 saturated heterocycles. The zero-order valence-electron chi connectivity index (χ0n) is 33.5. The number of carbonyl (C=O) groups excluding carboxylic acids is 5. The lowest BCUT2D eigenvalue weighted by Crippen LogP contribution is -2.71. The highest BCUT2D eigenvalue weighted by atomic mass is 35.5. The van der Waals surface area contributed by atoms with Crippen molar-refractivity contribution in [1.29, 1.82) is 0 Å². The van der Waals surface area contributed by atoms with E-state index in [1.165, 1.54) is 30.5 Å². The number of hydrogen-bond donors (Lipinski definition) is 2. The number of ether oxygens (including phenoxy) is 4. The molecule has 0 bridgehead atoms. The molecule has 2 N–H and O–H groups in total. The Bertz CT molecular complexity index is 2110. The lowest BCUT2D eigenvalue weighted by Gasteiger charge is -2.49. The van der Waals surface area contributed by atoms with E-state index in [9.17, 15) is 24.0 Å². The number of fused-ring (bicyclic) bond motifs is 1. The summed E-state index contributed by atoms with van der Waals surface area (Å²) in [6.07, 6.45) is 2.87. The molecule has 19 heteroatoms. The van der Waals surface area contributed by atoms with E-state index in [4.69, 9.17) is 35.4 Å². The number of thiazole rings is 1. The van der Waals surface area contributed by atoms with Gasteiger partial charge in [-0.3, -0.25) is 19.8 Å². The standard InChI is InChI=1S/C39H45ClN6O10S2/c1-37(2,3)54-34(50)39(7,8)56-44-26(25-29(40)58-35(42-25)43-36(51)55-38(4,5)6)30(47)41-27-31(48)46-28(33(49)53-20-22-13-15-24(52-9)16-14-22)23(21-57-32(27)46)19-45-17-11-10-12-18-45/h10-18,27,32H,19-21H2,1-9H3,(H-,41,42,43,47,51)/p+1/b44-26-. The number of benzene rings is 1. The second-order valence-electron chi connectivity index (χ2n) is 15.6. The Balaban J connectivity index is 1.41. The first kappa shape index (κ1) is 43.9. The van der Waals surface area contributed by atoms with E-state index in [0.717, 1.165) is 11.3 Å². The number of nitrogens with one attached hydrogen (secondary N) is 2. The van der Waals surface area contributed by atoms with Crippen molar-refractivity contribution in [2.45, 2.75) is 96.8 Å².